The SMILES string of the molecule is Cc1ccc(C(F)(F)F)cc1Nc1nccn1C1CC1. The molecule has 0 amide bonds. The van der Waals surface area contributed by atoms with Gasteiger partial charge in [-0.2, -0.15) is 13.2 Å². The molecule has 3 nitrogen and oxygen atoms in total. The number of imidazole rings is 1. The molecule has 0 saturated heterocycles. The third-order valence-electron chi connectivity index (χ3n) is 3.42. The Bertz CT molecular complexity index is 627. The van der Waals surface area contributed by atoms with Crippen molar-refractivity contribution in [2.24, 2.45) is 0 Å². The van der Waals surface area contributed by atoms with E-state index >= 15 is 0 Å². The Kier molecular flexibility index (Phi) is 2.96. The van der Waals surface area contributed by atoms with Crippen molar-refractivity contribution >= 4 is 11.6 Å². The summed E-state index contributed by atoms with van der Waals surface area (Å²) in [5, 5.41) is 3.01. The van der Waals surface area contributed by atoms with E-state index < -0.39 is 11.7 Å². The minimum atomic E-state index is -4.34. The number of benzene rings is 1. The Hall–Kier alpha value is -1.98. The standard InChI is InChI=1S/C14H14F3N3/c1-9-2-3-10(14(15,16)17)8-12(9)19-13-18-6-7-20(13)11-4-5-11/h2-3,6-8,11H,4-5H2,1H3,(H,18,19). The molecular weight excluding hydrogens is 267 g/mol. The van der Waals surface area contributed by atoms with Crippen LogP contribution in [0.2, 0.25) is 0 Å². The normalized spacial score (nSPS) is 15.4. The molecule has 1 aliphatic rings. The molecule has 0 bridgehead atoms. The number of rotatable bonds is 3. The highest BCUT2D eigenvalue weighted by Gasteiger charge is 2.31. The van der Waals surface area contributed by atoms with E-state index in [1.807, 2.05) is 10.8 Å². The lowest BCUT2D eigenvalue weighted by molar-refractivity contribution is -0.137. The van der Waals surface area contributed by atoms with Gasteiger partial charge < -0.3 is 9.88 Å². The lowest BCUT2D eigenvalue weighted by atomic mass is 10.1. The summed E-state index contributed by atoms with van der Waals surface area (Å²) in [6.45, 7) is 1.77. The fourth-order valence-corrected chi connectivity index (χ4v) is 2.11. The zero-order valence-corrected chi connectivity index (χ0v) is 10.9. The highest BCUT2D eigenvalue weighted by Crippen LogP contribution is 2.38. The van der Waals surface area contributed by atoms with Crippen LogP contribution in [-0.2, 0) is 6.18 Å². The molecule has 0 unspecified atom stereocenters. The number of hydrogen-bond acceptors (Lipinski definition) is 2. The van der Waals surface area contributed by atoms with Crippen molar-refractivity contribution in [1.82, 2.24) is 9.55 Å². The molecule has 0 spiro atoms. The quantitative estimate of drug-likeness (QED) is 0.909. The van der Waals surface area contributed by atoms with Crippen LogP contribution in [0.25, 0.3) is 0 Å². The van der Waals surface area contributed by atoms with E-state index in [4.69, 9.17) is 0 Å². The first kappa shape index (κ1) is 13.0. The van der Waals surface area contributed by atoms with Crippen molar-refractivity contribution in [2.75, 3.05) is 5.32 Å². The summed E-state index contributed by atoms with van der Waals surface area (Å²) >= 11 is 0. The fraction of sp³-hybridized carbons (Fsp3) is 0.357. The molecule has 1 saturated carbocycles. The number of aryl methyl sites for hydroxylation is 1. The van der Waals surface area contributed by atoms with Gasteiger partial charge in [-0.15, -0.1) is 0 Å². The second-order valence-corrected chi connectivity index (χ2v) is 5.04. The minimum Gasteiger partial charge on any atom is -0.325 e. The van der Waals surface area contributed by atoms with Gasteiger partial charge in [-0.05, 0) is 37.5 Å². The van der Waals surface area contributed by atoms with Crippen LogP contribution in [0.5, 0.6) is 0 Å². The van der Waals surface area contributed by atoms with Crippen LogP contribution in [0.15, 0.2) is 30.6 Å². The molecule has 106 valence electrons. The molecule has 1 heterocycles. The molecule has 20 heavy (non-hydrogen) atoms. The van der Waals surface area contributed by atoms with E-state index in [1.165, 1.54) is 6.07 Å². The molecule has 3 rings (SSSR count). The molecule has 6 heteroatoms. The van der Waals surface area contributed by atoms with E-state index in [0.717, 1.165) is 30.5 Å². The van der Waals surface area contributed by atoms with Crippen LogP contribution in [0.1, 0.15) is 30.0 Å². The molecule has 1 aromatic heterocycles. The van der Waals surface area contributed by atoms with Gasteiger partial charge in [0.15, 0.2) is 0 Å². The van der Waals surface area contributed by atoms with E-state index in [9.17, 15) is 13.2 Å². The van der Waals surface area contributed by atoms with Gasteiger partial charge in [0.1, 0.15) is 0 Å². The lowest BCUT2D eigenvalue weighted by Gasteiger charge is -2.14. The van der Waals surface area contributed by atoms with Gasteiger partial charge in [-0.1, -0.05) is 6.07 Å². The van der Waals surface area contributed by atoms with Gasteiger partial charge in [-0.25, -0.2) is 4.98 Å². The first-order valence-electron chi connectivity index (χ1n) is 6.43. The number of hydrogen-bond donors (Lipinski definition) is 1. The summed E-state index contributed by atoms with van der Waals surface area (Å²) in [7, 11) is 0. The molecule has 2 aromatic rings. The summed E-state index contributed by atoms with van der Waals surface area (Å²) < 4.78 is 40.2. The van der Waals surface area contributed by atoms with E-state index in [1.54, 1.807) is 13.1 Å². The lowest BCUT2D eigenvalue weighted by Crippen LogP contribution is -2.07. The van der Waals surface area contributed by atoms with Crippen LogP contribution in [0, 0.1) is 6.92 Å². The molecule has 0 aliphatic heterocycles. The number of nitrogens with one attached hydrogen (secondary N) is 1. The van der Waals surface area contributed by atoms with Crippen molar-refractivity contribution in [1.29, 1.82) is 0 Å². The van der Waals surface area contributed by atoms with Crippen LogP contribution in [-0.4, -0.2) is 9.55 Å². The molecular formula is C14H14F3N3. The van der Waals surface area contributed by atoms with Crippen molar-refractivity contribution < 1.29 is 13.2 Å². The monoisotopic (exact) mass is 281 g/mol. The summed E-state index contributed by atoms with van der Waals surface area (Å²) in [4.78, 5) is 4.18. The third-order valence-corrected chi connectivity index (χ3v) is 3.42. The molecule has 0 radical (unpaired) electrons. The molecule has 1 N–H and O–H groups in total. The topological polar surface area (TPSA) is 29.9 Å². The average molecular weight is 281 g/mol. The van der Waals surface area contributed by atoms with Crippen LogP contribution in [0.3, 0.4) is 0 Å². The van der Waals surface area contributed by atoms with E-state index in [2.05, 4.69) is 10.3 Å². The number of aromatic nitrogens is 2. The van der Waals surface area contributed by atoms with Gasteiger partial charge in [0.2, 0.25) is 5.95 Å². The zero-order valence-electron chi connectivity index (χ0n) is 10.9. The maximum absolute atomic E-state index is 12.7. The first-order chi connectivity index (χ1) is 9.45. The van der Waals surface area contributed by atoms with Gasteiger partial charge in [0.25, 0.3) is 0 Å². The predicted octanol–water partition coefficient (Wildman–Crippen LogP) is 4.29. The maximum atomic E-state index is 12.7. The highest BCUT2D eigenvalue weighted by molar-refractivity contribution is 5.60. The summed E-state index contributed by atoms with van der Waals surface area (Å²) in [5.74, 6) is 0.593. The molecule has 0 atom stereocenters. The van der Waals surface area contributed by atoms with Crippen molar-refractivity contribution in [3.63, 3.8) is 0 Å². The molecule has 1 fully saturated rings. The average Bonchev–Trinajstić information content (AvgIpc) is 3.11. The van der Waals surface area contributed by atoms with Crippen LogP contribution < -0.4 is 5.32 Å². The largest absolute Gasteiger partial charge is 0.416 e. The smallest absolute Gasteiger partial charge is 0.325 e. The number of nitrogens with zero attached hydrogens (tertiary/aromatic N) is 2. The zero-order chi connectivity index (χ0) is 14.3. The number of anilines is 2. The maximum Gasteiger partial charge on any atom is 0.416 e. The molecule has 1 aromatic carbocycles. The first-order valence-corrected chi connectivity index (χ1v) is 6.43. The van der Waals surface area contributed by atoms with Gasteiger partial charge in [-0.3, -0.25) is 0 Å². The van der Waals surface area contributed by atoms with Gasteiger partial charge >= 0.3 is 6.18 Å². The minimum absolute atomic E-state index is 0.422. The Morgan fingerprint density at radius 3 is 2.70 bits per heavy atom. The summed E-state index contributed by atoms with van der Waals surface area (Å²) in [5.41, 5.74) is 0.534. The van der Waals surface area contributed by atoms with Crippen molar-refractivity contribution in [3.8, 4) is 0 Å². The second-order valence-electron chi connectivity index (χ2n) is 5.04. The van der Waals surface area contributed by atoms with Crippen molar-refractivity contribution in [3.05, 3.63) is 41.7 Å². The summed E-state index contributed by atoms with van der Waals surface area (Å²) in [6.07, 6.45) is 1.35. The van der Waals surface area contributed by atoms with Crippen LogP contribution in [0.4, 0.5) is 24.8 Å². The van der Waals surface area contributed by atoms with Gasteiger partial charge in [0, 0.05) is 24.1 Å². The number of alkyl halides is 3. The number of halogens is 3. The Labute approximate surface area is 114 Å². The van der Waals surface area contributed by atoms with E-state index in [0.29, 0.717) is 17.7 Å². The second kappa shape index (κ2) is 4.54. The highest BCUT2D eigenvalue weighted by atomic mass is 19.4. The fourth-order valence-electron chi connectivity index (χ4n) is 2.11. The summed E-state index contributed by atoms with van der Waals surface area (Å²) in [6, 6.07) is 4.11. The van der Waals surface area contributed by atoms with Crippen molar-refractivity contribution in [2.45, 2.75) is 32.0 Å². The predicted molar refractivity (Wildman–Crippen MR) is 70.0 cm³/mol. The Morgan fingerprint density at radius 1 is 1.30 bits per heavy atom. The third kappa shape index (κ3) is 2.50. The van der Waals surface area contributed by atoms with Crippen LogP contribution >= 0.6 is 0 Å². The molecule has 1 aliphatic carbocycles. The Morgan fingerprint density at radius 2 is 2.05 bits per heavy atom. The van der Waals surface area contributed by atoms with E-state index in [-0.39, 0.29) is 0 Å². The van der Waals surface area contributed by atoms with Gasteiger partial charge in [0.05, 0.1) is 5.56 Å². The Balaban J connectivity index is 1.91.